The van der Waals surface area contributed by atoms with Gasteiger partial charge in [0.05, 0.1) is 5.56 Å². The summed E-state index contributed by atoms with van der Waals surface area (Å²) in [5.41, 5.74) is 4.13. The summed E-state index contributed by atoms with van der Waals surface area (Å²) in [5, 5.41) is 8.80. The van der Waals surface area contributed by atoms with Crippen molar-refractivity contribution < 1.29 is 18.7 Å². The average Bonchev–Trinajstić information content (AvgIpc) is 2.16. The van der Waals surface area contributed by atoms with E-state index in [4.69, 9.17) is 10.8 Å². The topological polar surface area (TPSA) is 76.2 Å². The molecule has 82 valence electrons. The van der Waals surface area contributed by atoms with Crippen LogP contribution in [0.1, 0.15) is 28.0 Å². The molecule has 0 amide bonds. The maximum absolute atomic E-state index is 12.5. The third-order valence-corrected chi connectivity index (χ3v) is 2.47. The standard InChI is InChI=1S/C8H7BrF2N2O2/c9-4-2-13-6(7(10)11)5(8(14)15)3(4)1-12/h2,7H,1,12H2,(H,14,15). The van der Waals surface area contributed by atoms with Gasteiger partial charge in [0.15, 0.2) is 0 Å². The number of rotatable bonds is 3. The van der Waals surface area contributed by atoms with Gasteiger partial charge in [-0.15, -0.1) is 0 Å². The van der Waals surface area contributed by atoms with Crippen LogP contribution in [0.2, 0.25) is 0 Å². The highest BCUT2D eigenvalue weighted by Crippen LogP contribution is 2.27. The quantitative estimate of drug-likeness (QED) is 0.887. The first-order valence-electron chi connectivity index (χ1n) is 3.87. The van der Waals surface area contributed by atoms with Crippen LogP contribution < -0.4 is 5.73 Å². The lowest BCUT2D eigenvalue weighted by Crippen LogP contribution is -2.13. The van der Waals surface area contributed by atoms with Crippen molar-refractivity contribution in [1.29, 1.82) is 0 Å². The Morgan fingerprint density at radius 1 is 1.67 bits per heavy atom. The fraction of sp³-hybridized carbons (Fsp3) is 0.250. The lowest BCUT2D eigenvalue weighted by molar-refractivity contribution is 0.0680. The highest BCUT2D eigenvalue weighted by Gasteiger charge is 2.24. The van der Waals surface area contributed by atoms with Gasteiger partial charge in [0, 0.05) is 17.2 Å². The molecule has 1 heterocycles. The van der Waals surface area contributed by atoms with Crippen molar-refractivity contribution in [2.45, 2.75) is 13.0 Å². The number of aromatic nitrogens is 1. The van der Waals surface area contributed by atoms with E-state index in [-0.39, 0.29) is 12.1 Å². The number of hydrogen-bond donors (Lipinski definition) is 2. The summed E-state index contributed by atoms with van der Waals surface area (Å²) in [6.07, 6.45) is -1.81. The van der Waals surface area contributed by atoms with Gasteiger partial charge in [0.25, 0.3) is 6.43 Å². The second-order valence-electron chi connectivity index (χ2n) is 2.65. The van der Waals surface area contributed by atoms with E-state index in [1.807, 2.05) is 0 Å². The first kappa shape index (κ1) is 12.0. The number of hydrogen-bond acceptors (Lipinski definition) is 3. The first-order chi connectivity index (χ1) is 6.99. The molecule has 4 nitrogen and oxygen atoms in total. The van der Waals surface area contributed by atoms with Gasteiger partial charge in [-0.05, 0) is 21.5 Å². The first-order valence-corrected chi connectivity index (χ1v) is 4.67. The van der Waals surface area contributed by atoms with Crippen LogP contribution in [0.25, 0.3) is 0 Å². The molecular weight excluding hydrogens is 274 g/mol. The maximum Gasteiger partial charge on any atom is 0.338 e. The molecule has 1 rings (SSSR count). The summed E-state index contributed by atoms with van der Waals surface area (Å²) < 4.78 is 25.2. The van der Waals surface area contributed by atoms with Gasteiger partial charge in [-0.2, -0.15) is 0 Å². The normalized spacial score (nSPS) is 10.7. The van der Waals surface area contributed by atoms with Gasteiger partial charge in [-0.1, -0.05) is 0 Å². The maximum atomic E-state index is 12.5. The zero-order chi connectivity index (χ0) is 11.6. The Kier molecular flexibility index (Phi) is 3.70. The number of halogens is 3. The highest BCUT2D eigenvalue weighted by atomic mass is 79.9. The fourth-order valence-corrected chi connectivity index (χ4v) is 1.61. The van der Waals surface area contributed by atoms with E-state index in [0.29, 0.717) is 4.47 Å². The largest absolute Gasteiger partial charge is 0.478 e. The molecule has 3 N–H and O–H groups in total. The highest BCUT2D eigenvalue weighted by molar-refractivity contribution is 9.10. The number of carboxylic acids is 1. The second-order valence-corrected chi connectivity index (χ2v) is 3.51. The third-order valence-electron chi connectivity index (χ3n) is 1.79. The van der Waals surface area contributed by atoms with Crippen molar-refractivity contribution in [2.24, 2.45) is 5.73 Å². The Bertz CT molecular complexity index is 398. The molecule has 0 unspecified atom stereocenters. The molecule has 0 aliphatic heterocycles. The van der Waals surface area contributed by atoms with E-state index in [2.05, 4.69) is 20.9 Å². The molecule has 0 saturated heterocycles. The number of aromatic carboxylic acids is 1. The molecule has 0 bridgehead atoms. The molecule has 0 aliphatic rings. The van der Waals surface area contributed by atoms with Crippen molar-refractivity contribution in [2.75, 3.05) is 0 Å². The van der Waals surface area contributed by atoms with E-state index in [1.165, 1.54) is 0 Å². The number of carboxylic acid groups (broad SMARTS) is 1. The molecule has 1 aromatic heterocycles. The number of nitrogens with zero attached hydrogens (tertiary/aromatic N) is 1. The molecule has 1 aromatic rings. The van der Waals surface area contributed by atoms with Crippen LogP contribution in [0.5, 0.6) is 0 Å². The number of pyridine rings is 1. The Morgan fingerprint density at radius 3 is 2.67 bits per heavy atom. The molecule has 0 fully saturated rings. The summed E-state index contributed by atoms with van der Waals surface area (Å²) in [5.74, 6) is -1.46. The molecule has 15 heavy (non-hydrogen) atoms. The molecule has 0 saturated carbocycles. The predicted molar refractivity (Wildman–Crippen MR) is 51.7 cm³/mol. The summed E-state index contributed by atoms with van der Waals surface area (Å²) in [7, 11) is 0. The number of carbonyl (C=O) groups is 1. The zero-order valence-electron chi connectivity index (χ0n) is 7.38. The Hall–Kier alpha value is -1.08. The minimum Gasteiger partial charge on any atom is -0.478 e. The van der Waals surface area contributed by atoms with Crippen molar-refractivity contribution in [3.63, 3.8) is 0 Å². The Balaban J connectivity index is 3.49. The number of alkyl halides is 2. The van der Waals surface area contributed by atoms with Crippen LogP contribution in [0.15, 0.2) is 10.7 Å². The summed E-state index contributed by atoms with van der Waals surface area (Å²) >= 11 is 3.01. The summed E-state index contributed by atoms with van der Waals surface area (Å²) in [6, 6.07) is 0. The molecule has 0 aromatic carbocycles. The summed E-state index contributed by atoms with van der Waals surface area (Å²) in [4.78, 5) is 14.2. The van der Waals surface area contributed by atoms with Crippen LogP contribution in [-0.4, -0.2) is 16.1 Å². The average molecular weight is 281 g/mol. The van der Waals surface area contributed by atoms with Crippen molar-refractivity contribution >= 4 is 21.9 Å². The van der Waals surface area contributed by atoms with Crippen molar-refractivity contribution in [1.82, 2.24) is 4.98 Å². The van der Waals surface area contributed by atoms with Crippen LogP contribution in [0.4, 0.5) is 8.78 Å². The zero-order valence-corrected chi connectivity index (χ0v) is 8.96. The van der Waals surface area contributed by atoms with Crippen LogP contribution in [-0.2, 0) is 6.54 Å². The molecule has 0 spiro atoms. The number of nitrogens with two attached hydrogens (primary N) is 1. The van der Waals surface area contributed by atoms with Crippen molar-refractivity contribution in [3.05, 3.63) is 27.5 Å². The molecule has 0 atom stereocenters. The van der Waals surface area contributed by atoms with Gasteiger partial charge in [-0.25, -0.2) is 13.6 Å². The van der Waals surface area contributed by atoms with E-state index < -0.39 is 23.7 Å². The molecule has 0 radical (unpaired) electrons. The molecule has 0 aliphatic carbocycles. The summed E-state index contributed by atoms with van der Waals surface area (Å²) in [6.45, 7) is -0.148. The van der Waals surface area contributed by atoms with Gasteiger partial charge in [0.1, 0.15) is 5.69 Å². The van der Waals surface area contributed by atoms with Gasteiger partial charge in [0.2, 0.25) is 0 Å². The predicted octanol–water partition coefficient (Wildman–Crippen LogP) is 1.94. The van der Waals surface area contributed by atoms with Gasteiger partial charge in [-0.3, -0.25) is 4.98 Å². The minimum atomic E-state index is -2.94. The smallest absolute Gasteiger partial charge is 0.338 e. The Labute approximate surface area is 92.2 Å². The molecular formula is C8H7BrF2N2O2. The molecule has 7 heteroatoms. The van der Waals surface area contributed by atoms with E-state index >= 15 is 0 Å². The van der Waals surface area contributed by atoms with E-state index in [0.717, 1.165) is 6.20 Å². The lowest BCUT2D eigenvalue weighted by atomic mass is 10.1. The van der Waals surface area contributed by atoms with E-state index in [9.17, 15) is 13.6 Å². The SMILES string of the molecule is NCc1c(Br)cnc(C(F)F)c1C(=O)O. The van der Waals surface area contributed by atoms with Crippen LogP contribution in [0.3, 0.4) is 0 Å². The third kappa shape index (κ3) is 2.29. The van der Waals surface area contributed by atoms with E-state index in [1.54, 1.807) is 0 Å². The van der Waals surface area contributed by atoms with Gasteiger partial charge >= 0.3 is 5.97 Å². The second kappa shape index (κ2) is 4.63. The van der Waals surface area contributed by atoms with Crippen molar-refractivity contribution in [3.8, 4) is 0 Å². The Morgan fingerprint density at radius 2 is 2.27 bits per heavy atom. The van der Waals surface area contributed by atoms with Gasteiger partial charge < -0.3 is 10.8 Å². The lowest BCUT2D eigenvalue weighted by Gasteiger charge is -2.10. The monoisotopic (exact) mass is 280 g/mol. The van der Waals surface area contributed by atoms with Crippen LogP contribution >= 0.6 is 15.9 Å². The minimum absolute atomic E-state index is 0.118. The van der Waals surface area contributed by atoms with Crippen LogP contribution in [0, 0.1) is 0 Å². The fourth-order valence-electron chi connectivity index (χ4n) is 1.15.